The molecule has 1 aromatic heterocycles. The van der Waals surface area contributed by atoms with Gasteiger partial charge in [-0.25, -0.2) is 14.4 Å². The molecular weight excluding hydrogens is 287 g/mol. The van der Waals surface area contributed by atoms with Crippen LogP contribution in [0, 0.1) is 12.7 Å². The maximum absolute atomic E-state index is 12.9. The lowest BCUT2D eigenvalue weighted by atomic mass is 10.3. The molecule has 0 aliphatic carbocycles. The second-order valence-electron chi connectivity index (χ2n) is 4.57. The van der Waals surface area contributed by atoms with Crippen LogP contribution in [0.1, 0.15) is 16.3 Å². The van der Waals surface area contributed by atoms with Crippen molar-refractivity contribution in [3.05, 3.63) is 47.7 Å². The number of anilines is 2. The molecule has 1 aromatic carbocycles. The van der Waals surface area contributed by atoms with Crippen LogP contribution in [0.25, 0.3) is 0 Å². The zero-order valence-corrected chi connectivity index (χ0v) is 12.4. The zero-order chi connectivity index (χ0) is 15.9. The molecule has 0 fully saturated rings. The van der Waals surface area contributed by atoms with Gasteiger partial charge in [0.2, 0.25) is 0 Å². The average Bonchev–Trinajstić information content (AvgIpc) is 2.49. The fourth-order valence-electron chi connectivity index (χ4n) is 1.79. The highest BCUT2D eigenvalue weighted by molar-refractivity contribution is 5.93. The average molecular weight is 304 g/mol. The summed E-state index contributed by atoms with van der Waals surface area (Å²) in [5, 5.41) is 5.71. The first-order valence-electron chi connectivity index (χ1n) is 6.74. The fraction of sp³-hybridized carbons (Fsp3) is 0.267. The number of halogens is 1. The summed E-state index contributed by atoms with van der Waals surface area (Å²) in [6.45, 7) is 2.53. The molecule has 0 atom stereocenters. The van der Waals surface area contributed by atoms with Crippen LogP contribution >= 0.6 is 0 Å². The molecule has 0 aliphatic rings. The SMILES string of the molecule is COCCNC(=O)c1cc(Nc2ccc(F)cc2)nc(C)n1. The third-order valence-corrected chi connectivity index (χ3v) is 2.78. The Morgan fingerprint density at radius 2 is 2.00 bits per heavy atom. The van der Waals surface area contributed by atoms with E-state index in [4.69, 9.17) is 4.74 Å². The van der Waals surface area contributed by atoms with E-state index in [1.54, 1.807) is 32.2 Å². The van der Waals surface area contributed by atoms with Gasteiger partial charge >= 0.3 is 0 Å². The molecule has 2 aromatic rings. The van der Waals surface area contributed by atoms with Gasteiger partial charge in [-0.3, -0.25) is 4.79 Å². The largest absolute Gasteiger partial charge is 0.383 e. The van der Waals surface area contributed by atoms with E-state index < -0.39 is 0 Å². The minimum atomic E-state index is -0.317. The molecule has 0 unspecified atom stereocenters. The molecule has 1 heterocycles. The molecule has 1 amide bonds. The fourth-order valence-corrected chi connectivity index (χ4v) is 1.79. The number of aryl methyl sites for hydroxylation is 1. The molecule has 0 spiro atoms. The Balaban J connectivity index is 2.12. The van der Waals surface area contributed by atoms with Crippen molar-refractivity contribution in [3.63, 3.8) is 0 Å². The summed E-state index contributed by atoms with van der Waals surface area (Å²) >= 11 is 0. The summed E-state index contributed by atoms with van der Waals surface area (Å²) in [6.07, 6.45) is 0. The van der Waals surface area contributed by atoms with Crippen LogP contribution in [0.15, 0.2) is 30.3 Å². The number of methoxy groups -OCH3 is 1. The Morgan fingerprint density at radius 1 is 1.27 bits per heavy atom. The van der Waals surface area contributed by atoms with E-state index in [0.717, 1.165) is 0 Å². The highest BCUT2D eigenvalue weighted by Gasteiger charge is 2.10. The van der Waals surface area contributed by atoms with E-state index in [-0.39, 0.29) is 17.4 Å². The highest BCUT2D eigenvalue weighted by atomic mass is 19.1. The Kier molecular flexibility index (Phi) is 5.37. The molecule has 116 valence electrons. The van der Waals surface area contributed by atoms with Crippen molar-refractivity contribution in [2.45, 2.75) is 6.92 Å². The van der Waals surface area contributed by atoms with Gasteiger partial charge in [0.1, 0.15) is 23.2 Å². The van der Waals surface area contributed by atoms with E-state index in [0.29, 0.717) is 30.5 Å². The minimum absolute atomic E-state index is 0.258. The second kappa shape index (κ2) is 7.46. The van der Waals surface area contributed by atoms with Gasteiger partial charge in [0, 0.05) is 25.4 Å². The van der Waals surface area contributed by atoms with Crippen molar-refractivity contribution >= 4 is 17.4 Å². The maximum Gasteiger partial charge on any atom is 0.270 e. The predicted octanol–water partition coefficient (Wildman–Crippen LogP) is 2.04. The van der Waals surface area contributed by atoms with Crippen LogP contribution in [0.5, 0.6) is 0 Å². The summed E-state index contributed by atoms with van der Waals surface area (Å²) in [7, 11) is 1.56. The highest BCUT2D eigenvalue weighted by Crippen LogP contribution is 2.15. The number of ether oxygens (including phenoxy) is 1. The topological polar surface area (TPSA) is 76.1 Å². The van der Waals surface area contributed by atoms with Gasteiger partial charge in [0.15, 0.2) is 0 Å². The number of carbonyl (C=O) groups is 1. The first-order valence-corrected chi connectivity index (χ1v) is 6.74. The third-order valence-electron chi connectivity index (χ3n) is 2.78. The zero-order valence-electron chi connectivity index (χ0n) is 12.4. The van der Waals surface area contributed by atoms with Gasteiger partial charge < -0.3 is 15.4 Å². The lowest BCUT2D eigenvalue weighted by Crippen LogP contribution is -2.28. The minimum Gasteiger partial charge on any atom is -0.383 e. The number of carbonyl (C=O) groups excluding carboxylic acids is 1. The molecule has 0 saturated carbocycles. The van der Waals surface area contributed by atoms with Crippen LogP contribution < -0.4 is 10.6 Å². The Labute approximate surface area is 127 Å². The standard InChI is InChI=1S/C15H17FN4O2/c1-10-18-13(15(21)17-7-8-22-2)9-14(19-10)20-12-5-3-11(16)4-6-12/h3-6,9H,7-8H2,1-2H3,(H,17,21)(H,18,19,20). The van der Waals surface area contributed by atoms with Crippen LogP contribution in [-0.4, -0.2) is 36.1 Å². The van der Waals surface area contributed by atoms with Crippen LogP contribution in [-0.2, 0) is 4.74 Å². The lowest BCUT2D eigenvalue weighted by Gasteiger charge is -2.09. The Morgan fingerprint density at radius 3 is 2.68 bits per heavy atom. The van der Waals surface area contributed by atoms with Crippen molar-refractivity contribution in [2.75, 3.05) is 25.6 Å². The summed E-state index contributed by atoms with van der Waals surface area (Å²) in [6, 6.07) is 7.40. The summed E-state index contributed by atoms with van der Waals surface area (Å²) in [5.41, 5.74) is 0.929. The molecule has 2 rings (SSSR count). The van der Waals surface area contributed by atoms with E-state index in [1.807, 2.05) is 0 Å². The van der Waals surface area contributed by atoms with Gasteiger partial charge in [0.25, 0.3) is 5.91 Å². The number of amides is 1. The molecule has 0 aliphatic heterocycles. The number of hydrogen-bond acceptors (Lipinski definition) is 5. The van der Waals surface area contributed by atoms with Crippen LogP contribution in [0.2, 0.25) is 0 Å². The molecule has 0 saturated heterocycles. The molecule has 7 heteroatoms. The monoisotopic (exact) mass is 304 g/mol. The second-order valence-corrected chi connectivity index (χ2v) is 4.57. The first-order chi connectivity index (χ1) is 10.6. The quantitative estimate of drug-likeness (QED) is 0.799. The van der Waals surface area contributed by atoms with Gasteiger partial charge in [-0.1, -0.05) is 0 Å². The first kappa shape index (κ1) is 15.8. The number of benzene rings is 1. The van der Waals surface area contributed by atoms with E-state index >= 15 is 0 Å². The van der Waals surface area contributed by atoms with Crippen molar-refractivity contribution in [2.24, 2.45) is 0 Å². The van der Waals surface area contributed by atoms with Gasteiger partial charge in [0.05, 0.1) is 6.61 Å². The summed E-state index contributed by atoms with van der Waals surface area (Å²) < 4.78 is 17.8. The van der Waals surface area contributed by atoms with Crippen LogP contribution in [0.4, 0.5) is 15.9 Å². The number of nitrogens with zero attached hydrogens (tertiary/aromatic N) is 2. The molecular formula is C15H17FN4O2. The van der Waals surface area contributed by atoms with Crippen molar-refractivity contribution in [1.82, 2.24) is 15.3 Å². The van der Waals surface area contributed by atoms with Crippen molar-refractivity contribution < 1.29 is 13.9 Å². The van der Waals surface area contributed by atoms with Crippen molar-refractivity contribution in [1.29, 1.82) is 0 Å². The smallest absolute Gasteiger partial charge is 0.270 e. The predicted molar refractivity (Wildman–Crippen MR) is 80.7 cm³/mol. The molecule has 2 N–H and O–H groups in total. The molecule has 0 radical (unpaired) electrons. The molecule has 6 nitrogen and oxygen atoms in total. The normalized spacial score (nSPS) is 10.3. The molecule has 22 heavy (non-hydrogen) atoms. The van der Waals surface area contributed by atoms with Crippen LogP contribution in [0.3, 0.4) is 0 Å². The third kappa shape index (κ3) is 4.49. The van der Waals surface area contributed by atoms with E-state index in [2.05, 4.69) is 20.6 Å². The van der Waals surface area contributed by atoms with Crippen molar-refractivity contribution in [3.8, 4) is 0 Å². The van der Waals surface area contributed by atoms with E-state index in [9.17, 15) is 9.18 Å². The summed E-state index contributed by atoms with van der Waals surface area (Å²) in [4.78, 5) is 20.3. The Hall–Kier alpha value is -2.54. The van der Waals surface area contributed by atoms with Gasteiger partial charge in [-0.2, -0.15) is 0 Å². The van der Waals surface area contributed by atoms with Gasteiger partial charge in [-0.05, 0) is 31.2 Å². The van der Waals surface area contributed by atoms with E-state index in [1.165, 1.54) is 12.1 Å². The number of nitrogens with one attached hydrogen (secondary N) is 2. The maximum atomic E-state index is 12.9. The molecule has 0 bridgehead atoms. The van der Waals surface area contributed by atoms with Gasteiger partial charge in [-0.15, -0.1) is 0 Å². The lowest BCUT2D eigenvalue weighted by molar-refractivity contribution is 0.0932. The number of aromatic nitrogens is 2. The summed E-state index contributed by atoms with van der Waals surface area (Å²) in [5.74, 6) is 0.312. The Bertz CT molecular complexity index is 646. The number of hydrogen-bond donors (Lipinski definition) is 2. The number of rotatable bonds is 6.